The Balaban J connectivity index is 1.92. The lowest BCUT2D eigenvalue weighted by atomic mass is 10.1. The van der Waals surface area contributed by atoms with Gasteiger partial charge >= 0.3 is 0 Å². The van der Waals surface area contributed by atoms with Crippen LogP contribution in [-0.4, -0.2) is 25.8 Å². The molecule has 0 unspecified atom stereocenters. The Hall–Kier alpha value is -3.78. The Labute approximate surface area is 136 Å². The SMILES string of the molecule is Cc1nc2ccc(C(=O)Nc3nc(C#N)c(C#N)[nH]3)cc2nc1C. The van der Waals surface area contributed by atoms with Crippen LogP contribution in [-0.2, 0) is 0 Å². The Kier molecular flexibility index (Phi) is 3.64. The van der Waals surface area contributed by atoms with E-state index in [0.717, 1.165) is 11.4 Å². The van der Waals surface area contributed by atoms with E-state index in [-0.39, 0.29) is 17.3 Å². The number of H-pyrrole nitrogens is 1. The lowest BCUT2D eigenvalue weighted by Gasteiger charge is -2.05. The highest BCUT2D eigenvalue weighted by atomic mass is 16.1. The van der Waals surface area contributed by atoms with Crippen LogP contribution in [0, 0.1) is 36.5 Å². The number of aromatic nitrogens is 4. The van der Waals surface area contributed by atoms with Crippen LogP contribution in [0.3, 0.4) is 0 Å². The van der Waals surface area contributed by atoms with Crippen LogP contribution in [0.4, 0.5) is 5.95 Å². The van der Waals surface area contributed by atoms with Crippen LogP contribution in [0.2, 0.25) is 0 Å². The third-order valence-corrected chi connectivity index (χ3v) is 3.49. The van der Waals surface area contributed by atoms with Crippen LogP contribution >= 0.6 is 0 Å². The summed E-state index contributed by atoms with van der Waals surface area (Å²) in [7, 11) is 0. The lowest BCUT2D eigenvalue weighted by Crippen LogP contribution is -2.13. The summed E-state index contributed by atoms with van der Waals surface area (Å²) in [6.45, 7) is 3.73. The first-order valence-corrected chi connectivity index (χ1v) is 6.98. The number of nitriles is 2. The van der Waals surface area contributed by atoms with Crippen molar-refractivity contribution in [3.8, 4) is 12.1 Å². The van der Waals surface area contributed by atoms with Gasteiger partial charge in [0.2, 0.25) is 5.95 Å². The van der Waals surface area contributed by atoms with Gasteiger partial charge < -0.3 is 4.98 Å². The van der Waals surface area contributed by atoms with Crippen molar-refractivity contribution >= 4 is 22.9 Å². The summed E-state index contributed by atoms with van der Waals surface area (Å²) in [4.78, 5) is 27.6. The molecule has 2 aromatic heterocycles. The zero-order valence-electron chi connectivity index (χ0n) is 12.9. The van der Waals surface area contributed by atoms with Crippen LogP contribution in [0.1, 0.15) is 33.1 Å². The predicted molar refractivity (Wildman–Crippen MR) is 85.0 cm³/mol. The molecule has 1 aromatic carbocycles. The van der Waals surface area contributed by atoms with E-state index in [4.69, 9.17) is 10.5 Å². The molecule has 8 heteroatoms. The summed E-state index contributed by atoms with van der Waals surface area (Å²) in [5.41, 5.74) is 3.25. The molecule has 3 aromatic rings. The molecule has 1 amide bonds. The molecule has 0 spiro atoms. The zero-order valence-corrected chi connectivity index (χ0v) is 12.9. The quantitative estimate of drug-likeness (QED) is 0.742. The summed E-state index contributed by atoms with van der Waals surface area (Å²) in [6, 6.07) is 8.56. The maximum absolute atomic E-state index is 12.3. The highest BCUT2D eigenvalue weighted by molar-refractivity contribution is 6.05. The van der Waals surface area contributed by atoms with E-state index >= 15 is 0 Å². The van der Waals surface area contributed by atoms with Gasteiger partial charge in [-0.3, -0.25) is 10.1 Å². The monoisotopic (exact) mass is 317 g/mol. The van der Waals surface area contributed by atoms with Gasteiger partial charge in [0, 0.05) is 5.56 Å². The number of rotatable bonds is 2. The fraction of sp³-hybridized carbons (Fsp3) is 0.125. The number of amides is 1. The predicted octanol–water partition coefficient (Wildman–Crippen LogP) is 1.97. The molecule has 0 aliphatic rings. The van der Waals surface area contributed by atoms with Crippen LogP contribution in [0.25, 0.3) is 11.0 Å². The first-order chi connectivity index (χ1) is 11.5. The van der Waals surface area contributed by atoms with Crippen molar-refractivity contribution in [3.05, 3.63) is 46.5 Å². The largest absolute Gasteiger partial charge is 0.314 e. The molecule has 3 rings (SSSR count). The van der Waals surface area contributed by atoms with Gasteiger partial charge in [-0.2, -0.15) is 10.5 Å². The van der Waals surface area contributed by atoms with E-state index < -0.39 is 5.91 Å². The summed E-state index contributed by atoms with van der Waals surface area (Å²) >= 11 is 0. The zero-order chi connectivity index (χ0) is 17.3. The summed E-state index contributed by atoms with van der Waals surface area (Å²) in [6.07, 6.45) is 0. The van der Waals surface area contributed by atoms with E-state index in [1.807, 2.05) is 13.8 Å². The minimum absolute atomic E-state index is 0.00304. The molecule has 24 heavy (non-hydrogen) atoms. The number of nitrogens with zero attached hydrogens (tertiary/aromatic N) is 5. The lowest BCUT2D eigenvalue weighted by molar-refractivity contribution is 0.102. The molecule has 0 radical (unpaired) electrons. The van der Waals surface area contributed by atoms with Crippen molar-refractivity contribution in [3.63, 3.8) is 0 Å². The molecule has 0 aliphatic carbocycles. The standard InChI is InChI=1S/C16H11N7O/c1-8-9(2)20-12-5-10(3-4-11(12)19-8)15(24)23-16-21-13(6-17)14(7-18)22-16/h3-5H,1-2H3,(H2,21,22,23,24). The average Bonchev–Trinajstić information content (AvgIpc) is 2.97. The van der Waals surface area contributed by atoms with Gasteiger partial charge in [0.05, 0.1) is 22.4 Å². The van der Waals surface area contributed by atoms with Crippen molar-refractivity contribution in [2.45, 2.75) is 13.8 Å². The second-order valence-electron chi connectivity index (χ2n) is 5.08. The number of fused-ring (bicyclic) bond motifs is 1. The molecule has 2 heterocycles. The van der Waals surface area contributed by atoms with E-state index in [1.165, 1.54) is 0 Å². The molecule has 0 bridgehead atoms. The van der Waals surface area contributed by atoms with Gasteiger partial charge in [-0.1, -0.05) is 0 Å². The number of aromatic amines is 1. The van der Waals surface area contributed by atoms with Gasteiger partial charge in [-0.25, -0.2) is 15.0 Å². The molecule has 0 atom stereocenters. The van der Waals surface area contributed by atoms with E-state index in [9.17, 15) is 4.79 Å². The second kappa shape index (κ2) is 5.78. The minimum Gasteiger partial charge on any atom is -0.314 e. The number of carbonyl (C=O) groups is 1. The molecule has 2 N–H and O–H groups in total. The second-order valence-corrected chi connectivity index (χ2v) is 5.08. The molecule has 0 saturated carbocycles. The highest BCUT2D eigenvalue weighted by Crippen LogP contribution is 2.16. The smallest absolute Gasteiger partial charge is 0.258 e. The number of hydrogen-bond donors (Lipinski definition) is 2. The van der Waals surface area contributed by atoms with Crippen LogP contribution in [0.15, 0.2) is 18.2 Å². The molecule has 8 nitrogen and oxygen atoms in total. The number of anilines is 1. The molecule has 0 fully saturated rings. The minimum atomic E-state index is -0.431. The van der Waals surface area contributed by atoms with Crippen LogP contribution in [0.5, 0.6) is 0 Å². The normalized spacial score (nSPS) is 10.2. The molecule has 0 aliphatic heterocycles. The van der Waals surface area contributed by atoms with Crippen molar-refractivity contribution in [1.29, 1.82) is 10.5 Å². The third kappa shape index (κ3) is 2.64. The van der Waals surface area contributed by atoms with E-state index in [1.54, 1.807) is 30.3 Å². The van der Waals surface area contributed by atoms with Crippen molar-refractivity contribution in [2.75, 3.05) is 5.32 Å². The fourth-order valence-electron chi connectivity index (χ4n) is 2.15. The number of aryl methyl sites for hydroxylation is 2. The van der Waals surface area contributed by atoms with Crippen LogP contribution < -0.4 is 5.32 Å². The number of carbonyl (C=O) groups excluding carboxylic acids is 1. The number of benzene rings is 1. The number of hydrogen-bond acceptors (Lipinski definition) is 6. The summed E-state index contributed by atoms with van der Waals surface area (Å²) in [5, 5.41) is 20.3. The Morgan fingerprint density at radius 1 is 1.08 bits per heavy atom. The summed E-state index contributed by atoms with van der Waals surface area (Å²) < 4.78 is 0. The van der Waals surface area contributed by atoms with Gasteiger partial charge in [0.1, 0.15) is 12.1 Å². The maximum Gasteiger partial charge on any atom is 0.258 e. The van der Waals surface area contributed by atoms with E-state index in [0.29, 0.717) is 16.6 Å². The summed E-state index contributed by atoms with van der Waals surface area (Å²) in [5.74, 6) is -0.390. The number of imidazole rings is 1. The van der Waals surface area contributed by atoms with Crippen molar-refractivity contribution in [1.82, 2.24) is 19.9 Å². The number of nitrogens with one attached hydrogen (secondary N) is 2. The van der Waals surface area contributed by atoms with Gasteiger partial charge in [-0.15, -0.1) is 0 Å². The molecule has 0 saturated heterocycles. The van der Waals surface area contributed by atoms with Crippen molar-refractivity contribution in [2.24, 2.45) is 0 Å². The molecular weight excluding hydrogens is 306 g/mol. The Morgan fingerprint density at radius 3 is 2.42 bits per heavy atom. The first-order valence-electron chi connectivity index (χ1n) is 6.98. The highest BCUT2D eigenvalue weighted by Gasteiger charge is 2.14. The maximum atomic E-state index is 12.3. The average molecular weight is 317 g/mol. The van der Waals surface area contributed by atoms with E-state index in [2.05, 4.69) is 25.3 Å². The molecule has 116 valence electrons. The topological polar surface area (TPSA) is 131 Å². The third-order valence-electron chi connectivity index (χ3n) is 3.49. The van der Waals surface area contributed by atoms with Crippen molar-refractivity contribution < 1.29 is 4.79 Å². The van der Waals surface area contributed by atoms with Gasteiger partial charge in [0.25, 0.3) is 5.91 Å². The Morgan fingerprint density at radius 2 is 1.79 bits per heavy atom. The first kappa shape index (κ1) is 15.1. The fourth-order valence-corrected chi connectivity index (χ4v) is 2.15. The van der Waals surface area contributed by atoms with Gasteiger partial charge in [0.15, 0.2) is 11.4 Å². The molecular formula is C16H11N7O. The Bertz CT molecular complexity index is 1020. The van der Waals surface area contributed by atoms with Gasteiger partial charge in [-0.05, 0) is 32.0 Å².